The van der Waals surface area contributed by atoms with Gasteiger partial charge in [0.05, 0.1) is 6.54 Å². The van der Waals surface area contributed by atoms with Gasteiger partial charge in [0, 0.05) is 16.9 Å². The highest BCUT2D eigenvalue weighted by Crippen LogP contribution is 2.22. The summed E-state index contributed by atoms with van der Waals surface area (Å²) in [4.78, 5) is 8.31. The molecule has 2 aromatic rings. The van der Waals surface area contributed by atoms with Gasteiger partial charge >= 0.3 is 0 Å². The summed E-state index contributed by atoms with van der Waals surface area (Å²) in [5, 5.41) is 3.93. The predicted molar refractivity (Wildman–Crippen MR) is 69.4 cm³/mol. The summed E-state index contributed by atoms with van der Waals surface area (Å²) in [6, 6.07) is 7.45. The van der Waals surface area contributed by atoms with E-state index in [1.54, 1.807) is 12.3 Å². The maximum Gasteiger partial charge on any atom is 0.144 e. The standard InChI is InChI=1S/C12H13ClN4/c1-8-6-9(13)2-3-10(8)16-11-4-5-15-12(7-14)17-11/h2-6H,7,14H2,1H3,(H,15,16,17). The lowest BCUT2D eigenvalue weighted by molar-refractivity contribution is 0.912. The largest absolute Gasteiger partial charge is 0.340 e. The fraction of sp³-hybridized carbons (Fsp3) is 0.167. The molecule has 0 atom stereocenters. The molecular formula is C12H13ClN4. The number of nitrogens with two attached hydrogens (primary N) is 1. The van der Waals surface area contributed by atoms with Crippen LogP contribution in [-0.2, 0) is 6.54 Å². The zero-order valence-corrected chi connectivity index (χ0v) is 10.2. The van der Waals surface area contributed by atoms with Crippen LogP contribution in [-0.4, -0.2) is 9.97 Å². The maximum absolute atomic E-state index is 5.90. The van der Waals surface area contributed by atoms with E-state index in [0.29, 0.717) is 12.4 Å². The summed E-state index contributed by atoms with van der Waals surface area (Å²) in [6.07, 6.45) is 1.68. The number of nitrogens with zero attached hydrogens (tertiary/aromatic N) is 2. The van der Waals surface area contributed by atoms with Crippen LogP contribution in [0.15, 0.2) is 30.5 Å². The van der Waals surface area contributed by atoms with E-state index < -0.39 is 0 Å². The normalized spacial score (nSPS) is 10.3. The summed E-state index contributed by atoms with van der Waals surface area (Å²) in [5.41, 5.74) is 7.52. The van der Waals surface area contributed by atoms with E-state index >= 15 is 0 Å². The average molecular weight is 249 g/mol. The fourth-order valence-electron chi connectivity index (χ4n) is 1.47. The molecule has 0 fully saturated rings. The Labute approximate surface area is 105 Å². The Hall–Kier alpha value is -1.65. The lowest BCUT2D eigenvalue weighted by atomic mass is 10.2. The fourth-order valence-corrected chi connectivity index (χ4v) is 1.70. The minimum Gasteiger partial charge on any atom is -0.340 e. The monoisotopic (exact) mass is 248 g/mol. The molecule has 1 aromatic heterocycles. The minimum atomic E-state index is 0.328. The zero-order chi connectivity index (χ0) is 12.3. The van der Waals surface area contributed by atoms with Crippen LogP contribution in [0.5, 0.6) is 0 Å². The molecule has 88 valence electrons. The van der Waals surface area contributed by atoms with Crippen LogP contribution in [0.25, 0.3) is 0 Å². The van der Waals surface area contributed by atoms with Crippen molar-refractivity contribution in [1.82, 2.24) is 9.97 Å². The van der Waals surface area contributed by atoms with Crippen LogP contribution < -0.4 is 11.1 Å². The average Bonchev–Trinajstić information content (AvgIpc) is 2.33. The van der Waals surface area contributed by atoms with Crippen molar-refractivity contribution < 1.29 is 0 Å². The third-order valence-electron chi connectivity index (χ3n) is 2.34. The van der Waals surface area contributed by atoms with Crippen molar-refractivity contribution in [3.63, 3.8) is 0 Å². The quantitative estimate of drug-likeness (QED) is 0.877. The van der Waals surface area contributed by atoms with Crippen molar-refractivity contribution in [3.05, 3.63) is 46.9 Å². The molecule has 0 aliphatic heterocycles. The first kappa shape index (κ1) is 11.8. The maximum atomic E-state index is 5.90. The number of halogens is 1. The first-order chi connectivity index (χ1) is 8.19. The lowest BCUT2D eigenvalue weighted by Crippen LogP contribution is -2.05. The van der Waals surface area contributed by atoms with Gasteiger partial charge < -0.3 is 11.1 Å². The van der Waals surface area contributed by atoms with Crippen LogP contribution in [0.1, 0.15) is 11.4 Å². The highest BCUT2D eigenvalue weighted by atomic mass is 35.5. The van der Waals surface area contributed by atoms with Crippen molar-refractivity contribution in [3.8, 4) is 0 Å². The van der Waals surface area contributed by atoms with Crippen LogP contribution in [0, 0.1) is 6.92 Å². The van der Waals surface area contributed by atoms with Gasteiger partial charge in [0.1, 0.15) is 11.6 Å². The second kappa shape index (κ2) is 5.12. The van der Waals surface area contributed by atoms with E-state index in [1.807, 2.05) is 25.1 Å². The Morgan fingerprint density at radius 1 is 1.35 bits per heavy atom. The topological polar surface area (TPSA) is 63.8 Å². The molecule has 4 nitrogen and oxygen atoms in total. The molecule has 1 aromatic carbocycles. The number of hydrogen-bond donors (Lipinski definition) is 2. The SMILES string of the molecule is Cc1cc(Cl)ccc1Nc1ccnc(CN)n1. The second-order valence-electron chi connectivity index (χ2n) is 3.65. The third-order valence-corrected chi connectivity index (χ3v) is 2.57. The number of benzene rings is 1. The van der Waals surface area contributed by atoms with Crippen molar-refractivity contribution >= 4 is 23.1 Å². The Balaban J connectivity index is 2.25. The third kappa shape index (κ3) is 2.93. The molecule has 5 heteroatoms. The molecule has 3 N–H and O–H groups in total. The zero-order valence-electron chi connectivity index (χ0n) is 9.44. The van der Waals surface area contributed by atoms with E-state index in [9.17, 15) is 0 Å². The molecule has 1 heterocycles. The Bertz CT molecular complexity index is 528. The predicted octanol–water partition coefficient (Wildman–Crippen LogP) is 2.64. The highest BCUT2D eigenvalue weighted by molar-refractivity contribution is 6.30. The van der Waals surface area contributed by atoms with Crippen molar-refractivity contribution in [2.75, 3.05) is 5.32 Å². The summed E-state index contributed by atoms with van der Waals surface area (Å²) in [7, 11) is 0. The molecule has 0 unspecified atom stereocenters. The van der Waals surface area contributed by atoms with E-state index in [0.717, 1.165) is 22.1 Å². The molecule has 0 aliphatic rings. The van der Waals surface area contributed by atoms with E-state index in [1.165, 1.54) is 0 Å². The summed E-state index contributed by atoms with van der Waals surface area (Å²) >= 11 is 5.90. The van der Waals surface area contributed by atoms with Gasteiger partial charge in [0.25, 0.3) is 0 Å². The van der Waals surface area contributed by atoms with Gasteiger partial charge in [-0.15, -0.1) is 0 Å². The van der Waals surface area contributed by atoms with Gasteiger partial charge in [-0.05, 0) is 36.8 Å². The van der Waals surface area contributed by atoms with Gasteiger partial charge in [-0.3, -0.25) is 0 Å². The lowest BCUT2D eigenvalue weighted by Gasteiger charge is -2.09. The minimum absolute atomic E-state index is 0.328. The molecule has 0 spiro atoms. The number of aryl methyl sites for hydroxylation is 1. The number of anilines is 2. The van der Waals surface area contributed by atoms with Crippen LogP contribution in [0.3, 0.4) is 0 Å². The number of rotatable bonds is 3. The molecule has 0 aliphatic carbocycles. The van der Waals surface area contributed by atoms with Crippen LogP contribution >= 0.6 is 11.6 Å². The molecule has 0 saturated carbocycles. The molecule has 2 rings (SSSR count). The van der Waals surface area contributed by atoms with Gasteiger partial charge in [0.15, 0.2) is 0 Å². The van der Waals surface area contributed by atoms with Crippen molar-refractivity contribution in [2.45, 2.75) is 13.5 Å². The summed E-state index contributed by atoms with van der Waals surface area (Å²) < 4.78 is 0. The van der Waals surface area contributed by atoms with Crippen molar-refractivity contribution in [1.29, 1.82) is 0 Å². The van der Waals surface area contributed by atoms with Crippen molar-refractivity contribution in [2.24, 2.45) is 5.73 Å². The van der Waals surface area contributed by atoms with Gasteiger partial charge in [-0.2, -0.15) is 0 Å². The van der Waals surface area contributed by atoms with Gasteiger partial charge in [0.2, 0.25) is 0 Å². The Morgan fingerprint density at radius 3 is 2.88 bits per heavy atom. The first-order valence-electron chi connectivity index (χ1n) is 5.24. The molecule has 17 heavy (non-hydrogen) atoms. The molecule has 0 radical (unpaired) electrons. The number of aromatic nitrogens is 2. The molecule has 0 saturated heterocycles. The second-order valence-corrected chi connectivity index (χ2v) is 4.08. The van der Waals surface area contributed by atoms with Crippen LogP contribution in [0.2, 0.25) is 5.02 Å². The Morgan fingerprint density at radius 2 is 2.18 bits per heavy atom. The first-order valence-corrected chi connectivity index (χ1v) is 5.62. The van der Waals surface area contributed by atoms with E-state index in [2.05, 4.69) is 15.3 Å². The summed E-state index contributed by atoms with van der Waals surface area (Å²) in [5.74, 6) is 1.34. The van der Waals surface area contributed by atoms with E-state index in [-0.39, 0.29) is 0 Å². The number of nitrogens with one attached hydrogen (secondary N) is 1. The molecule has 0 bridgehead atoms. The van der Waals surface area contributed by atoms with Crippen LogP contribution in [0.4, 0.5) is 11.5 Å². The number of hydrogen-bond acceptors (Lipinski definition) is 4. The molecular weight excluding hydrogens is 236 g/mol. The smallest absolute Gasteiger partial charge is 0.144 e. The summed E-state index contributed by atoms with van der Waals surface area (Å²) in [6.45, 7) is 2.31. The highest BCUT2D eigenvalue weighted by Gasteiger charge is 2.01. The van der Waals surface area contributed by atoms with Gasteiger partial charge in [-0.1, -0.05) is 11.6 Å². The van der Waals surface area contributed by atoms with Gasteiger partial charge in [-0.25, -0.2) is 9.97 Å². The van der Waals surface area contributed by atoms with E-state index in [4.69, 9.17) is 17.3 Å². The molecule has 0 amide bonds. The Kier molecular flexibility index (Phi) is 3.56.